The number of anilines is 1. The Balaban J connectivity index is 1.31. The lowest BCUT2D eigenvalue weighted by molar-refractivity contribution is 0.180. The average molecular weight is 364 g/mol. The van der Waals surface area contributed by atoms with Crippen LogP contribution >= 0.6 is 0 Å². The van der Waals surface area contributed by atoms with E-state index in [1.807, 2.05) is 4.90 Å². The second-order valence-electron chi connectivity index (χ2n) is 7.97. The van der Waals surface area contributed by atoms with Gasteiger partial charge in [0.15, 0.2) is 0 Å². The minimum atomic E-state index is 0.0844. The Bertz CT molecular complexity index is 777. The molecule has 2 aromatic rings. The van der Waals surface area contributed by atoms with Gasteiger partial charge in [-0.25, -0.2) is 4.79 Å². The fraction of sp³-hybridized carbons (Fsp3) is 0.435. The quantitative estimate of drug-likeness (QED) is 0.893. The van der Waals surface area contributed by atoms with E-state index in [-0.39, 0.29) is 11.4 Å². The van der Waals surface area contributed by atoms with Gasteiger partial charge in [0.25, 0.3) is 0 Å². The summed E-state index contributed by atoms with van der Waals surface area (Å²) in [6.07, 6.45) is 3.58. The Morgan fingerprint density at radius 2 is 1.74 bits per heavy atom. The molecule has 1 aliphatic carbocycles. The second kappa shape index (κ2) is 7.63. The highest BCUT2D eigenvalue weighted by Crippen LogP contribution is 2.43. The van der Waals surface area contributed by atoms with Crippen molar-refractivity contribution >= 4 is 11.7 Å². The minimum absolute atomic E-state index is 0.0844. The van der Waals surface area contributed by atoms with Gasteiger partial charge in [-0.3, -0.25) is 0 Å². The summed E-state index contributed by atoms with van der Waals surface area (Å²) in [5.41, 5.74) is 4.04. The predicted octanol–water partition coefficient (Wildman–Crippen LogP) is 3.95. The van der Waals surface area contributed by atoms with E-state index in [1.54, 1.807) is 0 Å². The lowest BCUT2D eigenvalue weighted by Crippen LogP contribution is -2.54. The zero-order chi connectivity index (χ0) is 18.7. The lowest BCUT2D eigenvalue weighted by Gasteiger charge is -2.43. The van der Waals surface area contributed by atoms with Crippen molar-refractivity contribution in [2.75, 3.05) is 37.6 Å². The molecule has 1 saturated heterocycles. The molecule has 4 rings (SSSR count). The number of carbonyl (C=O) groups is 1. The summed E-state index contributed by atoms with van der Waals surface area (Å²) in [5, 5.41) is 3.23. The van der Waals surface area contributed by atoms with Crippen LogP contribution in [0.15, 0.2) is 54.6 Å². The van der Waals surface area contributed by atoms with Gasteiger partial charge in [-0.15, -0.1) is 0 Å². The van der Waals surface area contributed by atoms with Crippen LogP contribution in [0.4, 0.5) is 10.5 Å². The van der Waals surface area contributed by atoms with E-state index >= 15 is 0 Å². The first kappa shape index (κ1) is 17.9. The van der Waals surface area contributed by atoms with Crippen LogP contribution in [-0.4, -0.2) is 43.7 Å². The number of nitrogens with one attached hydrogen (secondary N) is 1. The molecular weight excluding hydrogens is 334 g/mol. The highest BCUT2D eigenvalue weighted by molar-refractivity contribution is 5.74. The van der Waals surface area contributed by atoms with Crippen LogP contribution in [0.1, 0.15) is 30.4 Å². The molecule has 0 aromatic heterocycles. The van der Waals surface area contributed by atoms with Crippen molar-refractivity contribution in [1.29, 1.82) is 0 Å². The zero-order valence-electron chi connectivity index (χ0n) is 16.2. The maximum atomic E-state index is 12.7. The molecule has 0 spiro atoms. The Morgan fingerprint density at radius 3 is 2.37 bits per heavy atom. The standard InChI is InChI=1S/C23H29N3O/c1-19-7-5-10-21(17-19)25-13-15-26(16-14-25)22(27)24-18-23(11-6-12-23)20-8-3-2-4-9-20/h2-5,7-10,17H,6,11-16,18H2,1H3,(H,24,27). The first-order valence-electron chi connectivity index (χ1n) is 10.1. The molecule has 4 nitrogen and oxygen atoms in total. The van der Waals surface area contributed by atoms with E-state index in [4.69, 9.17) is 0 Å². The number of amides is 2. The van der Waals surface area contributed by atoms with Crippen LogP contribution in [0.25, 0.3) is 0 Å². The maximum Gasteiger partial charge on any atom is 0.317 e. The van der Waals surface area contributed by atoms with Gasteiger partial charge in [-0.05, 0) is 43.0 Å². The fourth-order valence-corrected chi connectivity index (χ4v) is 4.31. The van der Waals surface area contributed by atoms with Crippen LogP contribution in [0.5, 0.6) is 0 Å². The number of benzene rings is 2. The molecule has 0 unspecified atom stereocenters. The Hall–Kier alpha value is -2.49. The summed E-state index contributed by atoms with van der Waals surface area (Å²) >= 11 is 0. The number of rotatable bonds is 4. The molecule has 0 bridgehead atoms. The van der Waals surface area contributed by atoms with Crippen molar-refractivity contribution < 1.29 is 4.79 Å². The Labute approximate surface area is 162 Å². The Morgan fingerprint density at radius 1 is 1.00 bits per heavy atom. The van der Waals surface area contributed by atoms with E-state index < -0.39 is 0 Å². The predicted molar refractivity (Wildman–Crippen MR) is 110 cm³/mol. The number of hydrogen-bond acceptors (Lipinski definition) is 2. The van der Waals surface area contributed by atoms with Crippen molar-refractivity contribution in [3.05, 3.63) is 65.7 Å². The SMILES string of the molecule is Cc1cccc(N2CCN(C(=O)NCC3(c4ccccc4)CCC3)CC2)c1. The van der Waals surface area contributed by atoms with E-state index in [9.17, 15) is 4.79 Å². The van der Waals surface area contributed by atoms with Crippen molar-refractivity contribution in [2.24, 2.45) is 0 Å². The van der Waals surface area contributed by atoms with Crippen LogP contribution in [0, 0.1) is 6.92 Å². The van der Waals surface area contributed by atoms with E-state index in [0.717, 1.165) is 32.7 Å². The third kappa shape index (κ3) is 3.80. The number of hydrogen-bond donors (Lipinski definition) is 1. The molecule has 2 aliphatic rings. The zero-order valence-corrected chi connectivity index (χ0v) is 16.2. The topological polar surface area (TPSA) is 35.6 Å². The molecule has 2 aromatic carbocycles. The molecule has 4 heteroatoms. The Kier molecular flexibility index (Phi) is 5.06. The van der Waals surface area contributed by atoms with Gasteiger partial charge < -0.3 is 15.1 Å². The van der Waals surface area contributed by atoms with Crippen LogP contribution in [0.3, 0.4) is 0 Å². The molecule has 1 N–H and O–H groups in total. The van der Waals surface area contributed by atoms with Gasteiger partial charge >= 0.3 is 6.03 Å². The van der Waals surface area contributed by atoms with Gasteiger partial charge in [0.2, 0.25) is 0 Å². The van der Waals surface area contributed by atoms with Crippen molar-refractivity contribution in [2.45, 2.75) is 31.6 Å². The number of carbonyl (C=O) groups excluding carboxylic acids is 1. The number of aryl methyl sites for hydroxylation is 1. The summed E-state index contributed by atoms with van der Waals surface area (Å²) in [6.45, 7) is 6.20. The summed E-state index contributed by atoms with van der Waals surface area (Å²) in [5.74, 6) is 0. The van der Waals surface area contributed by atoms with E-state index in [2.05, 4.69) is 71.7 Å². The van der Waals surface area contributed by atoms with Gasteiger partial charge in [0.05, 0.1) is 0 Å². The summed E-state index contributed by atoms with van der Waals surface area (Å²) in [6, 6.07) is 19.3. The largest absolute Gasteiger partial charge is 0.368 e. The van der Waals surface area contributed by atoms with Crippen LogP contribution in [0.2, 0.25) is 0 Å². The molecule has 1 aliphatic heterocycles. The van der Waals surface area contributed by atoms with E-state index in [1.165, 1.54) is 36.1 Å². The lowest BCUT2D eigenvalue weighted by atomic mass is 9.64. The third-order valence-corrected chi connectivity index (χ3v) is 6.21. The van der Waals surface area contributed by atoms with Gasteiger partial charge in [-0.2, -0.15) is 0 Å². The fourth-order valence-electron chi connectivity index (χ4n) is 4.31. The van der Waals surface area contributed by atoms with Crippen LogP contribution in [-0.2, 0) is 5.41 Å². The second-order valence-corrected chi connectivity index (χ2v) is 7.97. The minimum Gasteiger partial charge on any atom is -0.368 e. The van der Waals surface area contributed by atoms with E-state index in [0.29, 0.717) is 0 Å². The maximum absolute atomic E-state index is 12.7. The highest BCUT2D eigenvalue weighted by Gasteiger charge is 2.39. The van der Waals surface area contributed by atoms with Crippen molar-refractivity contribution in [3.8, 4) is 0 Å². The summed E-state index contributed by atoms with van der Waals surface area (Å²) in [7, 11) is 0. The number of urea groups is 1. The van der Waals surface area contributed by atoms with Crippen molar-refractivity contribution in [1.82, 2.24) is 10.2 Å². The first-order chi connectivity index (χ1) is 13.2. The van der Waals surface area contributed by atoms with Gasteiger partial charge in [-0.1, -0.05) is 48.9 Å². The molecule has 142 valence electrons. The third-order valence-electron chi connectivity index (χ3n) is 6.21. The summed E-state index contributed by atoms with van der Waals surface area (Å²) < 4.78 is 0. The molecule has 27 heavy (non-hydrogen) atoms. The first-order valence-corrected chi connectivity index (χ1v) is 10.1. The molecule has 1 heterocycles. The summed E-state index contributed by atoms with van der Waals surface area (Å²) in [4.78, 5) is 17.0. The molecule has 0 atom stereocenters. The van der Waals surface area contributed by atoms with Crippen molar-refractivity contribution in [3.63, 3.8) is 0 Å². The number of piperazine rings is 1. The molecule has 2 amide bonds. The average Bonchev–Trinajstić information content (AvgIpc) is 2.68. The van der Waals surface area contributed by atoms with Gasteiger partial charge in [0.1, 0.15) is 0 Å². The smallest absolute Gasteiger partial charge is 0.317 e. The molecule has 0 radical (unpaired) electrons. The van der Waals surface area contributed by atoms with Gasteiger partial charge in [0, 0.05) is 43.8 Å². The highest BCUT2D eigenvalue weighted by atomic mass is 16.2. The molecule has 2 fully saturated rings. The normalized spacial score (nSPS) is 18.7. The monoisotopic (exact) mass is 363 g/mol. The molecule has 1 saturated carbocycles. The molecular formula is C23H29N3O. The van der Waals surface area contributed by atoms with Crippen LogP contribution < -0.4 is 10.2 Å². The number of nitrogens with zero attached hydrogens (tertiary/aromatic N) is 2.